The summed E-state index contributed by atoms with van der Waals surface area (Å²) in [5, 5.41) is 9.45. The summed E-state index contributed by atoms with van der Waals surface area (Å²) in [5.74, 6) is -1.26. The quantitative estimate of drug-likeness (QED) is 0.797. The van der Waals surface area contributed by atoms with Gasteiger partial charge in [0.2, 0.25) is 5.43 Å². The van der Waals surface area contributed by atoms with Crippen LogP contribution in [-0.4, -0.2) is 41.9 Å². The Morgan fingerprint density at radius 3 is 2.66 bits per heavy atom. The van der Waals surface area contributed by atoms with Crippen LogP contribution in [-0.2, 0) is 0 Å². The second-order valence-corrected chi connectivity index (χ2v) is 8.02. The number of hydrogen-bond donors (Lipinski definition) is 2. The predicted molar refractivity (Wildman–Crippen MR) is 109 cm³/mol. The van der Waals surface area contributed by atoms with Gasteiger partial charge in [0.25, 0.3) is 0 Å². The normalized spacial score (nSPS) is 22.1. The van der Waals surface area contributed by atoms with Gasteiger partial charge in [0.1, 0.15) is 11.3 Å². The fourth-order valence-corrected chi connectivity index (χ4v) is 4.46. The molecule has 29 heavy (non-hydrogen) atoms. The van der Waals surface area contributed by atoms with Gasteiger partial charge in [-0.3, -0.25) is 4.79 Å². The Labute approximate surface area is 167 Å². The predicted octanol–water partition coefficient (Wildman–Crippen LogP) is 2.75. The van der Waals surface area contributed by atoms with Crippen molar-refractivity contribution in [3.63, 3.8) is 0 Å². The van der Waals surface area contributed by atoms with Crippen molar-refractivity contribution in [3.05, 3.63) is 33.9 Å². The van der Waals surface area contributed by atoms with Crippen molar-refractivity contribution in [1.29, 1.82) is 0 Å². The number of piperidine rings is 1. The van der Waals surface area contributed by atoms with Gasteiger partial charge in [0, 0.05) is 31.4 Å². The lowest BCUT2D eigenvalue weighted by Gasteiger charge is -2.38. The Morgan fingerprint density at radius 2 is 2.10 bits per heavy atom. The van der Waals surface area contributed by atoms with E-state index in [1.54, 1.807) is 4.57 Å². The number of carboxylic acids is 1. The summed E-state index contributed by atoms with van der Waals surface area (Å²) in [6.07, 6.45) is 4.94. The molecule has 2 atom stereocenters. The summed E-state index contributed by atoms with van der Waals surface area (Å²) >= 11 is 0. The van der Waals surface area contributed by atoms with Crippen LogP contribution >= 0.6 is 0 Å². The summed E-state index contributed by atoms with van der Waals surface area (Å²) in [7, 11) is 1.45. The minimum absolute atomic E-state index is 0.0302. The highest BCUT2D eigenvalue weighted by atomic mass is 19.1. The maximum absolute atomic E-state index is 15.3. The number of carboxylic acid groups (broad SMARTS) is 1. The van der Waals surface area contributed by atoms with Gasteiger partial charge >= 0.3 is 5.97 Å². The van der Waals surface area contributed by atoms with Gasteiger partial charge in [-0.15, -0.1) is 0 Å². The lowest BCUT2D eigenvalue weighted by Crippen LogP contribution is -2.48. The average Bonchev–Trinajstić information content (AvgIpc) is 3.52. The summed E-state index contributed by atoms with van der Waals surface area (Å²) in [6, 6.07) is 1.16. The van der Waals surface area contributed by atoms with Gasteiger partial charge < -0.3 is 25.0 Å². The fourth-order valence-electron chi connectivity index (χ4n) is 4.46. The molecule has 1 aliphatic carbocycles. The van der Waals surface area contributed by atoms with E-state index in [1.165, 1.54) is 13.3 Å². The number of aromatic carboxylic acids is 1. The fraction of sp³-hybridized carbons (Fsp3) is 0.524. The van der Waals surface area contributed by atoms with E-state index in [-0.39, 0.29) is 28.8 Å². The Morgan fingerprint density at radius 1 is 1.38 bits per heavy atom. The molecule has 1 aliphatic heterocycles. The van der Waals surface area contributed by atoms with Crippen LogP contribution in [0.1, 0.15) is 49.0 Å². The Bertz CT molecular complexity index is 1030. The zero-order chi connectivity index (χ0) is 20.9. The third-order valence-electron chi connectivity index (χ3n) is 6.22. The highest BCUT2D eigenvalue weighted by molar-refractivity contribution is 5.97. The lowest BCUT2D eigenvalue weighted by molar-refractivity contribution is 0.0695. The number of carbonyl (C=O) groups is 1. The Balaban J connectivity index is 1.95. The van der Waals surface area contributed by atoms with E-state index in [4.69, 9.17) is 10.5 Å². The van der Waals surface area contributed by atoms with Crippen molar-refractivity contribution < 1.29 is 19.0 Å². The van der Waals surface area contributed by atoms with E-state index in [2.05, 4.69) is 6.92 Å². The number of anilines is 1. The van der Waals surface area contributed by atoms with Crippen LogP contribution in [0, 0.1) is 11.7 Å². The van der Waals surface area contributed by atoms with Crippen LogP contribution in [0.3, 0.4) is 0 Å². The number of benzene rings is 1. The van der Waals surface area contributed by atoms with Crippen LogP contribution < -0.4 is 20.8 Å². The zero-order valence-electron chi connectivity index (χ0n) is 16.7. The van der Waals surface area contributed by atoms with Crippen LogP contribution in [0.15, 0.2) is 17.1 Å². The Hall–Kier alpha value is -2.61. The van der Waals surface area contributed by atoms with E-state index in [1.807, 2.05) is 4.90 Å². The number of nitrogens with zero attached hydrogens (tertiary/aromatic N) is 2. The summed E-state index contributed by atoms with van der Waals surface area (Å²) in [4.78, 5) is 26.2. The molecule has 1 aromatic heterocycles. The molecule has 8 heteroatoms. The molecule has 2 aliphatic rings. The van der Waals surface area contributed by atoms with Crippen molar-refractivity contribution in [2.75, 3.05) is 25.1 Å². The maximum atomic E-state index is 15.3. The molecule has 0 spiro atoms. The van der Waals surface area contributed by atoms with Gasteiger partial charge in [-0.05, 0) is 31.2 Å². The highest BCUT2D eigenvalue weighted by Crippen LogP contribution is 2.44. The molecule has 0 bridgehead atoms. The average molecular weight is 403 g/mol. The SMILES string of the molecule is CC[C@H]1CCN(c2c(F)cc3c(=O)c(C(=O)O)cn(C4CC4)c3c2OC)C[C@@H]1N. The number of nitrogens with two attached hydrogens (primary N) is 1. The van der Waals surface area contributed by atoms with Crippen LogP contribution in [0.5, 0.6) is 5.75 Å². The van der Waals surface area contributed by atoms with Gasteiger partial charge in [0.15, 0.2) is 11.6 Å². The molecular formula is C21H26FN3O4. The van der Waals surface area contributed by atoms with E-state index in [9.17, 15) is 14.7 Å². The molecule has 1 aromatic carbocycles. The minimum atomic E-state index is -1.32. The minimum Gasteiger partial charge on any atom is -0.492 e. The number of rotatable bonds is 5. The number of ether oxygens (including phenoxy) is 1. The summed E-state index contributed by atoms with van der Waals surface area (Å²) in [5.41, 5.74) is 6.00. The lowest BCUT2D eigenvalue weighted by atomic mass is 9.89. The number of halogens is 1. The van der Waals surface area contributed by atoms with Crippen molar-refractivity contribution in [2.45, 2.75) is 44.7 Å². The van der Waals surface area contributed by atoms with E-state index < -0.39 is 17.2 Å². The molecule has 3 N–H and O–H groups in total. The monoisotopic (exact) mass is 403 g/mol. The molecule has 0 amide bonds. The number of hydrogen-bond acceptors (Lipinski definition) is 5. The first kappa shape index (κ1) is 19.7. The molecule has 156 valence electrons. The van der Waals surface area contributed by atoms with Crippen LogP contribution in [0.2, 0.25) is 0 Å². The summed E-state index contributed by atoms with van der Waals surface area (Å²) in [6.45, 7) is 3.25. The summed E-state index contributed by atoms with van der Waals surface area (Å²) < 4.78 is 22.7. The third-order valence-corrected chi connectivity index (χ3v) is 6.22. The number of fused-ring (bicyclic) bond motifs is 1. The molecule has 4 rings (SSSR count). The first-order chi connectivity index (χ1) is 13.9. The second-order valence-electron chi connectivity index (χ2n) is 8.02. The smallest absolute Gasteiger partial charge is 0.341 e. The first-order valence-electron chi connectivity index (χ1n) is 10.1. The van der Waals surface area contributed by atoms with Gasteiger partial charge in [-0.1, -0.05) is 13.3 Å². The zero-order valence-corrected chi connectivity index (χ0v) is 16.7. The molecular weight excluding hydrogens is 377 g/mol. The van der Waals surface area contributed by atoms with Gasteiger partial charge in [0.05, 0.1) is 18.0 Å². The molecule has 2 heterocycles. The van der Waals surface area contributed by atoms with Crippen molar-refractivity contribution >= 4 is 22.6 Å². The molecule has 2 fully saturated rings. The topological polar surface area (TPSA) is 97.8 Å². The molecule has 0 radical (unpaired) electrons. The molecule has 7 nitrogen and oxygen atoms in total. The molecule has 1 saturated carbocycles. The highest BCUT2D eigenvalue weighted by Gasteiger charge is 2.33. The molecule has 0 unspecified atom stereocenters. The largest absolute Gasteiger partial charge is 0.492 e. The van der Waals surface area contributed by atoms with E-state index in [0.717, 1.165) is 31.7 Å². The molecule has 1 saturated heterocycles. The third kappa shape index (κ3) is 3.25. The maximum Gasteiger partial charge on any atom is 0.341 e. The number of pyridine rings is 1. The standard InChI is InChI=1S/C21H26FN3O4/c1-3-11-6-7-24(10-16(11)23)18-15(22)8-13-17(20(18)29-2)25(12-4-5-12)9-14(19(13)26)21(27)28/h8-9,11-12,16H,3-7,10,23H2,1-2H3,(H,27,28)/t11-,16-/m0/s1. The van der Waals surface area contributed by atoms with Crippen molar-refractivity contribution in [3.8, 4) is 5.75 Å². The number of aromatic nitrogens is 1. The van der Waals surface area contributed by atoms with Crippen molar-refractivity contribution in [1.82, 2.24) is 4.57 Å². The van der Waals surface area contributed by atoms with Gasteiger partial charge in [-0.2, -0.15) is 0 Å². The van der Waals surface area contributed by atoms with Crippen LogP contribution in [0.25, 0.3) is 10.9 Å². The van der Waals surface area contributed by atoms with Crippen LogP contribution in [0.4, 0.5) is 10.1 Å². The van der Waals surface area contributed by atoms with Gasteiger partial charge in [-0.25, -0.2) is 9.18 Å². The molecule has 2 aromatic rings. The second kappa shape index (κ2) is 7.33. The van der Waals surface area contributed by atoms with E-state index in [0.29, 0.717) is 30.2 Å². The van der Waals surface area contributed by atoms with Crippen molar-refractivity contribution in [2.24, 2.45) is 11.7 Å². The first-order valence-corrected chi connectivity index (χ1v) is 10.1. The van der Waals surface area contributed by atoms with E-state index >= 15 is 4.39 Å². The number of methoxy groups -OCH3 is 1. The Kier molecular flexibility index (Phi) is 4.98.